The lowest BCUT2D eigenvalue weighted by molar-refractivity contribution is 0.331. The number of rotatable bonds is 1. The lowest BCUT2D eigenvalue weighted by Crippen LogP contribution is -1.83. The van der Waals surface area contributed by atoms with Crippen LogP contribution < -0.4 is 4.74 Å². The van der Waals surface area contributed by atoms with Crippen molar-refractivity contribution in [3.8, 4) is 5.88 Å². The second kappa shape index (κ2) is 2.09. The highest BCUT2D eigenvalue weighted by atomic mass is 16.5. The molecule has 0 aromatic carbocycles. The van der Waals surface area contributed by atoms with Crippen molar-refractivity contribution >= 4 is 0 Å². The monoisotopic (exact) mass is 127 g/mol. The summed E-state index contributed by atoms with van der Waals surface area (Å²) in [6, 6.07) is 0. The summed E-state index contributed by atoms with van der Waals surface area (Å²) in [6.45, 7) is 3.76. The number of ether oxygens (including phenoxy) is 1. The van der Waals surface area contributed by atoms with Crippen molar-refractivity contribution in [2.75, 3.05) is 7.11 Å². The van der Waals surface area contributed by atoms with Crippen LogP contribution in [0.25, 0.3) is 0 Å². The third-order valence-electron chi connectivity index (χ3n) is 1.31. The van der Waals surface area contributed by atoms with Gasteiger partial charge in [0, 0.05) is 0 Å². The first-order valence-electron chi connectivity index (χ1n) is 2.72. The first-order chi connectivity index (χ1) is 4.25. The van der Waals surface area contributed by atoms with Crippen molar-refractivity contribution in [1.29, 1.82) is 0 Å². The van der Waals surface area contributed by atoms with Crippen molar-refractivity contribution in [2.24, 2.45) is 0 Å². The Morgan fingerprint density at radius 1 is 1.44 bits per heavy atom. The largest absolute Gasteiger partial charge is 0.479 e. The number of aryl methyl sites for hydroxylation is 1. The van der Waals surface area contributed by atoms with Gasteiger partial charge in [-0.15, -0.1) is 0 Å². The summed E-state index contributed by atoms with van der Waals surface area (Å²) in [5.41, 5.74) is 0.970. The Morgan fingerprint density at radius 2 is 2.11 bits per heavy atom. The Morgan fingerprint density at radius 3 is 2.33 bits per heavy atom. The Kier molecular flexibility index (Phi) is 1.42. The molecule has 1 aromatic heterocycles. The summed E-state index contributed by atoms with van der Waals surface area (Å²) in [7, 11) is 1.57. The standard InChI is InChI=1S/C6H9NO2/c1-4-5(2)9-7-6(4)8-3/h1-3H3. The highest BCUT2D eigenvalue weighted by molar-refractivity contribution is 5.24. The van der Waals surface area contributed by atoms with Crippen molar-refractivity contribution < 1.29 is 9.26 Å². The van der Waals surface area contributed by atoms with Gasteiger partial charge in [0.25, 0.3) is 5.88 Å². The zero-order chi connectivity index (χ0) is 6.85. The molecular formula is C6H9NO2. The van der Waals surface area contributed by atoms with Crippen LogP contribution in [0.15, 0.2) is 4.52 Å². The van der Waals surface area contributed by atoms with E-state index in [-0.39, 0.29) is 0 Å². The number of aromatic nitrogens is 1. The molecule has 9 heavy (non-hydrogen) atoms. The molecule has 3 heteroatoms. The molecule has 0 N–H and O–H groups in total. The molecule has 1 heterocycles. The minimum absolute atomic E-state index is 0.576. The molecule has 0 spiro atoms. The SMILES string of the molecule is COc1noc(C)c1C. The van der Waals surface area contributed by atoms with Gasteiger partial charge in [0.2, 0.25) is 0 Å². The average molecular weight is 127 g/mol. The van der Waals surface area contributed by atoms with Crippen LogP contribution >= 0.6 is 0 Å². The van der Waals surface area contributed by atoms with Crippen LogP contribution in [0.1, 0.15) is 11.3 Å². The van der Waals surface area contributed by atoms with E-state index in [1.807, 2.05) is 13.8 Å². The average Bonchev–Trinajstić information content (AvgIpc) is 2.15. The highest BCUT2D eigenvalue weighted by Gasteiger charge is 2.05. The normalized spacial score (nSPS) is 9.67. The molecular weight excluding hydrogens is 118 g/mol. The van der Waals surface area contributed by atoms with Crippen molar-refractivity contribution in [2.45, 2.75) is 13.8 Å². The molecule has 0 atom stereocenters. The molecule has 0 aliphatic rings. The first-order valence-corrected chi connectivity index (χ1v) is 2.72. The maximum absolute atomic E-state index is 4.86. The van der Waals surface area contributed by atoms with E-state index in [4.69, 9.17) is 9.26 Å². The molecule has 0 radical (unpaired) electrons. The van der Waals surface area contributed by atoms with E-state index in [1.165, 1.54) is 0 Å². The van der Waals surface area contributed by atoms with E-state index in [0.29, 0.717) is 5.88 Å². The van der Waals surface area contributed by atoms with Gasteiger partial charge >= 0.3 is 0 Å². The zero-order valence-corrected chi connectivity index (χ0v) is 5.76. The van der Waals surface area contributed by atoms with Gasteiger partial charge in [-0.3, -0.25) is 0 Å². The minimum Gasteiger partial charge on any atom is -0.479 e. The lowest BCUT2D eigenvalue weighted by Gasteiger charge is -1.89. The maximum Gasteiger partial charge on any atom is 0.256 e. The molecule has 0 aliphatic heterocycles. The molecule has 1 aromatic rings. The summed E-state index contributed by atoms with van der Waals surface area (Å²) in [6.07, 6.45) is 0. The van der Waals surface area contributed by atoms with Gasteiger partial charge in [-0.2, -0.15) is 0 Å². The second-order valence-electron chi connectivity index (χ2n) is 1.87. The third kappa shape index (κ3) is 0.896. The van der Waals surface area contributed by atoms with E-state index in [1.54, 1.807) is 7.11 Å². The summed E-state index contributed by atoms with van der Waals surface area (Å²) in [5, 5.41) is 3.64. The predicted molar refractivity (Wildman–Crippen MR) is 32.5 cm³/mol. The van der Waals surface area contributed by atoms with Crippen LogP contribution in [0.2, 0.25) is 0 Å². The fraction of sp³-hybridized carbons (Fsp3) is 0.500. The fourth-order valence-corrected chi connectivity index (χ4v) is 0.588. The molecule has 0 fully saturated rings. The van der Waals surface area contributed by atoms with Crippen LogP contribution in [0.4, 0.5) is 0 Å². The van der Waals surface area contributed by atoms with Crippen molar-refractivity contribution in [3.63, 3.8) is 0 Å². The third-order valence-corrected chi connectivity index (χ3v) is 1.31. The number of hydrogen-bond acceptors (Lipinski definition) is 3. The van der Waals surface area contributed by atoms with E-state index in [2.05, 4.69) is 5.16 Å². The van der Waals surface area contributed by atoms with Gasteiger partial charge in [-0.05, 0) is 19.0 Å². The molecule has 0 aliphatic carbocycles. The summed E-state index contributed by atoms with van der Waals surface area (Å²) in [4.78, 5) is 0. The summed E-state index contributed by atoms with van der Waals surface area (Å²) >= 11 is 0. The molecule has 0 saturated heterocycles. The van der Waals surface area contributed by atoms with Gasteiger partial charge in [0.1, 0.15) is 5.76 Å². The minimum atomic E-state index is 0.576. The quantitative estimate of drug-likeness (QED) is 0.570. The van der Waals surface area contributed by atoms with Crippen LogP contribution in [0, 0.1) is 13.8 Å². The molecule has 50 valence electrons. The second-order valence-corrected chi connectivity index (χ2v) is 1.87. The van der Waals surface area contributed by atoms with Crippen LogP contribution in [0.3, 0.4) is 0 Å². The molecule has 0 amide bonds. The lowest BCUT2D eigenvalue weighted by atomic mass is 10.3. The zero-order valence-electron chi connectivity index (χ0n) is 5.76. The molecule has 0 unspecified atom stereocenters. The fourth-order valence-electron chi connectivity index (χ4n) is 0.588. The molecule has 3 nitrogen and oxygen atoms in total. The maximum atomic E-state index is 4.86. The van der Waals surface area contributed by atoms with Gasteiger partial charge in [0.15, 0.2) is 0 Å². The number of nitrogens with zero attached hydrogens (tertiary/aromatic N) is 1. The van der Waals surface area contributed by atoms with Crippen LogP contribution in [-0.2, 0) is 0 Å². The van der Waals surface area contributed by atoms with Gasteiger partial charge in [0.05, 0.1) is 12.7 Å². The predicted octanol–water partition coefficient (Wildman–Crippen LogP) is 1.30. The Labute approximate surface area is 53.6 Å². The first kappa shape index (κ1) is 6.13. The van der Waals surface area contributed by atoms with Gasteiger partial charge in [-0.1, -0.05) is 0 Å². The molecule has 0 bridgehead atoms. The van der Waals surface area contributed by atoms with Crippen molar-refractivity contribution in [1.82, 2.24) is 5.16 Å². The van der Waals surface area contributed by atoms with Crippen molar-refractivity contribution in [3.05, 3.63) is 11.3 Å². The smallest absolute Gasteiger partial charge is 0.256 e. The van der Waals surface area contributed by atoms with Crippen LogP contribution in [0.5, 0.6) is 5.88 Å². The van der Waals surface area contributed by atoms with E-state index in [9.17, 15) is 0 Å². The Balaban J connectivity index is 3.04. The van der Waals surface area contributed by atoms with E-state index < -0.39 is 0 Å². The van der Waals surface area contributed by atoms with E-state index >= 15 is 0 Å². The number of methoxy groups -OCH3 is 1. The highest BCUT2D eigenvalue weighted by Crippen LogP contribution is 2.17. The van der Waals surface area contributed by atoms with Crippen LogP contribution in [-0.4, -0.2) is 12.3 Å². The Hall–Kier alpha value is -0.990. The summed E-state index contributed by atoms with van der Waals surface area (Å²) in [5.74, 6) is 1.39. The summed E-state index contributed by atoms with van der Waals surface area (Å²) < 4.78 is 9.67. The van der Waals surface area contributed by atoms with Gasteiger partial charge in [-0.25, -0.2) is 0 Å². The molecule has 0 saturated carbocycles. The number of hydrogen-bond donors (Lipinski definition) is 0. The van der Waals surface area contributed by atoms with E-state index in [0.717, 1.165) is 11.3 Å². The van der Waals surface area contributed by atoms with Gasteiger partial charge < -0.3 is 9.26 Å². The topological polar surface area (TPSA) is 35.3 Å². The Bertz CT molecular complexity index is 205. The molecule has 1 rings (SSSR count).